The van der Waals surface area contributed by atoms with Gasteiger partial charge in [-0.1, -0.05) is 35.6 Å². The molecule has 0 aliphatic rings. The highest BCUT2D eigenvalue weighted by molar-refractivity contribution is 5.81. The number of nitrogens with zero attached hydrogens (tertiary/aromatic N) is 3. The molecule has 0 fully saturated rings. The summed E-state index contributed by atoms with van der Waals surface area (Å²) in [6.07, 6.45) is 4.21. The minimum absolute atomic E-state index is 0.255. The van der Waals surface area contributed by atoms with E-state index in [0.717, 1.165) is 16.8 Å². The fraction of sp³-hybridized carbons (Fsp3) is 0.0556. The lowest BCUT2D eigenvalue weighted by molar-refractivity contribution is 0.111. The summed E-state index contributed by atoms with van der Waals surface area (Å²) in [5.74, 6) is -0.290. The van der Waals surface area contributed by atoms with Gasteiger partial charge in [0.2, 0.25) is 0 Å². The summed E-state index contributed by atoms with van der Waals surface area (Å²) in [6.45, 7) is 1.98. The second-order valence-corrected chi connectivity index (χ2v) is 5.11. The zero-order valence-corrected chi connectivity index (χ0v) is 12.5. The first-order valence-corrected chi connectivity index (χ1v) is 7.09. The van der Waals surface area contributed by atoms with Crippen molar-refractivity contribution in [1.29, 1.82) is 0 Å². The molecule has 1 heterocycles. The summed E-state index contributed by atoms with van der Waals surface area (Å²) in [7, 11) is 0. The van der Waals surface area contributed by atoms with Gasteiger partial charge in [-0.3, -0.25) is 4.79 Å². The zero-order valence-electron chi connectivity index (χ0n) is 12.5. The van der Waals surface area contributed by atoms with Crippen LogP contribution in [0.3, 0.4) is 0 Å². The molecule has 0 N–H and O–H groups in total. The first-order valence-electron chi connectivity index (χ1n) is 7.09. The minimum atomic E-state index is -0.290. The van der Waals surface area contributed by atoms with E-state index in [1.54, 1.807) is 29.0 Å². The van der Waals surface area contributed by atoms with Gasteiger partial charge in [0.25, 0.3) is 0 Å². The third kappa shape index (κ3) is 3.23. The van der Waals surface area contributed by atoms with Crippen molar-refractivity contribution in [2.45, 2.75) is 6.92 Å². The van der Waals surface area contributed by atoms with Crippen LogP contribution in [0.2, 0.25) is 0 Å². The molecule has 0 aliphatic carbocycles. The average Bonchev–Trinajstić information content (AvgIpc) is 2.97. The smallest absolute Gasteiger partial charge is 0.172 e. The van der Waals surface area contributed by atoms with Crippen molar-refractivity contribution in [3.63, 3.8) is 0 Å². The van der Waals surface area contributed by atoms with Crippen LogP contribution in [-0.4, -0.2) is 21.3 Å². The van der Waals surface area contributed by atoms with Crippen molar-refractivity contribution < 1.29 is 9.18 Å². The normalized spacial score (nSPS) is 11.0. The van der Waals surface area contributed by atoms with Crippen molar-refractivity contribution >= 4 is 18.4 Å². The van der Waals surface area contributed by atoms with Crippen molar-refractivity contribution in [2.24, 2.45) is 0 Å². The molecule has 23 heavy (non-hydrogen) atoms. The number of carbonyl (C=O) groups is 1. The van der Waals surface area contributed by atoms with Crippen LogP contribution < -0.4 is 0 Å². The Labute approximate surface area is 132 Å². The number of rotatable bonds is 4. The quantitative estimate of drug-likeness (QED) is 0.691. The van der Waals surface area contributed by atoms with Crippen molar-refractivity contribution in [1.82, 2.24) is 15.0 Å². The van der Waals surface area contributed by atoms with Crippen LogP contribution >= 0.6 is 0 Å². The fourth-order valence-electron chi connectivity index (χ4n) is 2.24. The molecule has 0 saturated heterocycles. The molecule has 5 heteroatoms. The van der Waals surface area contributed by atoms with Crippen LogP contribution in [0.15, 0.2) is 48.5 Å². The van der Waals surface area contributed by atoms with Crippen LogP contribution in [0.1, 0.15) is 27.3 Å². The largest absolute Gasteiger partial charge is 0.296 e. The van der Waals surface area contributed by atoms with Gasteiger partial charge in [-0.2, -0.15) is 0 Å². The molecule has 0 bridgehead atoms. The summed E-state index contributed by atoms with van der Waals surface area (Å²) in [5, 5.41) is 7.95. The molecule has 0 aliphatic heterocycles. The van der Waals surface area contributed by atoms with E-state index < -0.39 is 0 Å². The standard InChI is InChI=1S/C18H14FN3O/c1-13-3-2-4-16(11-13)22-18(17(12-23)20-21-22)10-7-14-5-8-15(19)9-6-14/h2-12H,1H3/b10-7+. The lowest BCUT2D eigenvalue weighted by atomic mass is 10.1. The molecule has 3 aromatic rings. The summed E-state index contributed by atoms with van der Waals surface area (Å²) in [6, 6.07) is 13.8. The maximum absolute atomic E-state index is 12.9. The lowest BCUT2D eigenvalue weighted by Crippen LogP contribution is -2.00. The van der Waals surface area contributed by atoms with Gasteiger partial charge in [-0.05, 0) is 48.4 Å². The van der Waals surface area contributed by atoms with Gasteiger partial charge >= 0.3 is 0 Å². The number of halogens is 1. The van der Waals surface area contributed by atoms with Crippen molar-refractivity contribution in [2.75, 3.05) is 0 Å². The highest BCUT2D eigenvalue weighted by Crippen LogP contribution is 2.16. The van der Waals surface area contributed by atoms with E-state index in [1.165, 1.54) is 12.1 Å². The second-order valence-electron chi connectivity index (χ2n) is 5.11. The Hall–Kier alpha value is -3.08. The molecular weight excluding hydrogens is 293 g/mol. The number of hydrogen-bond acceptors (Lipinski definition) is 3. The van der Waals surface area contributed by atoms with Crippen LogP contribution in [0, 0.1) is 12.7 Å². The van der Waals surface area contributed by atoms with E-state index >= 15 is 0 Å². The number of aromatic nitrogens is 3. The van der Waals surface area contributed by atoms with E-state index in [-0.39, 0.29) is 11.5 Å². The van der Waals surface area contributed by atoms with Gasteiger partial charge in [0.05, 0.1) is 11.4 Å². The Morgan fingerprint density at radius 3 is 2.57 bits per heavy atom. The third-order valence-electron chi connectivity index (χ3n) is 3.39. The van der Waals surface area contributed by atoms with Crippen LogP contribution in [0.5, 0.6) is 0 Å². The van der Waals surface area contributed by atoms with E-state index in [2.05, 4.69) is 10.3 Å². The Morgan fingerprint density at radius 2 is 1.87 bits per heavy atom. The van der Waals surface area contributed by atoms with Crippen LogP contribution in [0.25, 0.3) is 17.8 Å². The highest BCUT2D eigenvalue weighted by atomic mass is 19.1. The van der Waals surface area contributed by atoms with Crippen molar-refractivity contribution in [3.8, 4) is 5.69 Å². The van der Waals surface area contributed by atoms with E-state index in [9.17, 15) is 9.18 Å². The lowest BCUT2D eigenvalue weighted by Gasteiger charge is -2.04. The maximum atomic E-state index is 12.9. The number of aryl methyl sites for hydroxylation is 1. The maximum Gasteiger partial charge on any atom is 0.172 e. The van der Waals surface area contributed by atoms with E-state index in [4.69, 9.17) is 0 Å². The molecule has 2 aromatic carbocycles. The number of carbonyl (C=O) groups excluding carboxylic acids is 1. The van der Waals surface area contributed by atoms with Gasteiger partial charge in [0.1, 0.15) is 5.82 Å². The number of hydrogen-bond donors (Lipinski definition) is 0. The van der Waals surface area contributed by atoms with Gasteiger partial charge in [-0.15, -0.1) is 5.10 Å². The average molecular weight is 307 g/mol. The molecular formula is C18H14FN3O. The Balaban J connectivity index is 2.02. The van der Waals surface area contributed by atoms with Gasteiger partial charge in [-0.25, -0.2) is 9.07 Å². The summed E-state index contributed by atoms with van der Waals surface area (Å²) >= 11 is 0. The molecule has 3 rings (SSSR count). The van der Waals surface area contributed by atoms with Crippen molar-refractivity contribution in [3.05, 3.63) is 76.9 Å². The zero-order chi connectivity index (χ0) is 16.2. The molecule has 0 radical (unpaired) electrons. The van der Waals surface area contributed by atoms with Gasteiger partial charge in [0.15, 0.2) is 12.0 Å². The number of benzene rings is 2. The van der Waals surface area contributed by atoms with Gasteiger partial charge < -0.3 is 0 Å². The highest BCUT2D eigenvalue weighted by Gasteiger charge is 2.11. The molecule has 4 nitrogen and oxygen atoms in total. The number of aldehydes is 1. The Bertz CT molecular complexity index is 866. The van der Waals surface area contributed by atoms with Crippen LogP contribution in [-0.2, 0) is 0 Å². The van der Waals surface area contributed by atoms with Gasteiger partial charge in [0, 0.05) is 0 Å². The monoisotopic (exact) mass is 307 g/mol. The minimum Gasteiger partial charge on any atom is -0.296 e. The van der Waals surface area contributed by atoms with Crippen LogP contribution in [0.4, 0.5) is 4.39 Å². The topological polar surface area (TPSA) is 47.8 Å². The molecule has 0 atom stereocenters. The summed E-state index contributed by atoms with van der Waals surface area (Å²) < 4.78 is 14.6. The molecule has 0 spiro atoms. The second kappa shape index (κ2) is 6.36. The molecule has 0 amide bonds. The van der Waals surface area contributed by atoms with E-state index in [1.807, 2.05) is 31.2 Å². The Morgan fingerprint density at radius 1 is 1.09 bits per heavy atom. The molecule has 114 valence electrons. The predicted molar refractivity (Wildman–Crippen MR) is 86.8 cm³/mol. The summed E-state index contributed by atoms with van der Waals surface area (Å²) in [5.41, 5.74) is 3.56. The Kier molecular flexibility index (Phi) is 4.10. The SMILES string of the molecule is Cc1cccc(-n2nnc(C=O)c2/C=C/c2ccc(F)cc2)c1. The van der Waals surface area contributed by atoms with E-state index in [0.29, 0.717) is 12.0 Å². The predicted octanol–water partition coefficient (Wildman–Crippen LogP) is 3.70. The third-order valence-corrected chi connectivity index (χ3v) is 3.39. The fourth-order valence-corrected chi connectivity index (χ4v) is 2.24. The molecule has 0 unspecified atom stereocenters. The molecule has 0 saturated carbocycles. The molecule has 1 aromatic heterocycles. The first-order chi connectivity index (χ1) is 11.2. The first kappa shape index (κ1) is 14.8. The summed E-state index contributed by atoms with van der Waals surface area (Å²) in [4.78, 5) is 11.2.